The lowest BCUT2D eigenvalue weighted by Crippen LogP contribution is -2.33. The van der Waals surface area contributed by atoms with E-state index in [0.717, 1.165) is 5.56 Å². The number of amides is 2. The van der Waals surface area contributed by atoms with Crippen molar-refractivity contribution in [1.82, 2.24) is 5.32 Å². The Balaban J connectivity index is 1.88. The molecule has 0 aliphatic rings. The normalized spacial score (nSPS) is 9.86. The molecule has 0 fully saturated rings. The fourth-order valence-electron chi connectivity index (χ4n) is 2.77. The Kier molecular flexibility index (Phi) is 7.92. The zero-order valence-corrected chi connectivity index (χ0v) is 16.7. The Bertz CT molecular complexity index is 918. The van der Waals surface area contributed by atoms with Crippen LogP contribution in [-0.2, 0) is 16.0 Å². The molecule has 7 nitrogen and oxygen atoms in total. The Morgan fingerprint density at radius 1 is 1.00 bits per heavy atom. The molecule has 0 atom stereocenters. The minimum Gasteiger partial charge on any atom is -0.493 e. The van der Waals surface area contributed by atoms with Crippen molar-refractivity contribution in [3.05, 3.63) is 47.5 Å². The van der Waals surface area contributed by atoms with Gasteiger partial charge in [-0.25, -0.2) is 0 Å². The first-order valence-corrected chi connectivity index (χ1v) is 8.93. The van der Waals surface area contributed by atoms with Gasteiger partial charge in [0.2, 0.25) is 17.6 Å². The van der Waals surface area contributed by atoms with E-state index in [4.69, 9.17) is 20.6 Å². The van der Waals surface area contributed by atoms with Gasteiger partial charge in [0, 0.05) is 17.7 Å². The van der Waals surface area contributed by atoms with Crippen LogP contribution in [0.2, 0.25) is 0 Å². The second kappa shape index (κ2) is 10.6. The molecule has 0 aromatic heterocycles. The summed E-state index contributed by atoms with van der Waals surface area (Å²) >= 11 is 0. The van der Waals surface area contributed by atoms with Gasteiger partial charge in [-0.15, -0.1) is 6.42 Å². The number of ether oxygens (including phenoxy) is 3. The first-order valence-electron chi connectivity index (χ1n) is 8.93. The molecule has 2 aromatic carbocycles. The molecule has 0 saturated carbocycles. The van der Waals surface area contributed by atoms with Gasteiger partial charge < -0.3 is 24.8 Å². The van der Waals surface area contributed by atoms with Crippen LogP contribution in [0, 0.1) is 12.3 Å². The van der Waals surface area contributed by atoms with Crippen molar-refractivity contribution in [3.8, 4) is 29.6 Å². The number of nitrogens with one attached hydrogen (secondary N) is 2. The Morgan fingerprint density at radius 2 is 1.76 bits per heavy atom. The monoisotopic (exact) mass is 396 g/mol. The average Bonchev–Trinajstić information content (AvgIpc) is 2.75. The molecule has 7 heteroatoms. The molecular formula is C22H24N2O5. The van der Waals surface area contributed by atoms with E-state index in [1.807, 2.05) is 6.07 Å². The number of carbonyl (C=O) groups excluding carboxylic acids is 2. The highest BCUT2D eigenvalue weighted by atomic mass is 16.5. The molecule has 0 radical (unpaired) electrons. The molecular weight excluding hydrogens is 372 g/mol. The van der Waals surface area contributed by atoms with E-state index in [-0.39, 0.29) is 24.8 Å². The summed E-state index contributed by atoms with van der Waals surface area (Å²) in [6.07, 6.45) is 5.94. The van der Waals surface area contributed by atoms with Gasteiger partial charge in [-0.2, -0.15) is 0 Å². The number of hydrogen-bond donors (Lipinski definition) is 2. The predicted octanol–water partition coefficient (Wildman–Crippen LogP) is 2.38. The highest BCUT2D eigenvalue weighted by Crippen LogP contribution is 2.40. The first-order chi connectivity index (χ1) is 14.0. The highest BCUT2D eigenvalue weighted by molar-refractivity contribution is 5.94. The van der Waals surface area contributed by atoms with Crippen LogP contribution in [0.15, 0.2) is 36.4 Å². The number of carbonyl (C=O) groups is 2. The van der Waals surface area contributed by atoms with Gasteiger partial charge in [-0.1, -0.05) is 18.1 Å². The van der Waals surface area contributed by atoms with E-state index in [9.17, 15) is 9.59 Å². The third-order valence-electron chi connectivity index (χ3n) is 4.17. The minimum atomic E-state index is -0.337. The van der Waals surface area contributed by atoms with Gasteiger partial charge in [0.15, 0.2) is 11.5 Å². The fraction of sp³-hybridized carbons (Fsp3) is 0.273. The first kappa shape index (κ1) is 21.6. The minimum absolute atomic E-state index is 0.137. The van der Waals surface area contributed by atoms with E-state index in [0.29, 0.717) is 34.9 Å². The van der Waals surface area contributed by atoms with E-state index < -0.39 is 0 Å². The summed E-state index contributed by atoms with van der Waals surface area (Å²) in [5.41, 5.74) is 2.04. The summed E-state index contributed by atoms with van der Waals surface area (Å²) < 4.78 is 16.0. The molecule has 0 aliphatic carbocycles. The maximum atomic E-state index is 12.1. The van der Waals surface area contributed by atoms with Gasteiger partial charge >= 0.3 is 0 Å². The molecule has 0 unspecified atom stereocenters. The van der Waals surface area contributed by atoms with Gasteiger partial charge in [0.1, 0.15) is 0 Å². The number of hydrogen-bond acceptors (Lipinski definition) is 5. The summed E-state index contributed by atoms with van der Waals surface area (Å²) in [6, 6.07) is 10.5. The number of aryl methyl sites for hydroxylation is 1. The smallest absolute Gasteiger partial charge is 0.243 e. The van der Waals surface area contributed by atoms with Crippen molar-refractivity contribution in [2.45, 2.75) is 12.8 Å². The van der Waals surface area contributed by atoms with Crippen molar-refractivity contribution in [3.63, 3.8) is 0 Å². The van der Waals surface area contributed by atoms with Gasteiger partial charge in [0.05, 0.1) is 27.9 Å². The molecule has 152 valence electrons. The molecule has 2 rings (SSSR count). The van der Waals surface area contributed by atoms with Crippen LogP contribution in [0.4, 0.5) is 5.69 Å². The molecule has 0 saturated heterocycles. The fourth-order valence-corrected chi connectivity index (χ4v) is 2.77. The molecule has 0 aliphatic heterocycles. The summed E-state index contributed by atoms with van der Waals surface area (Å²) in [5, 5.41) is 5.29. The van der Waals surface area contributed by atoms with Crippen molar-refractivity contribution in [1.29, 1.82) is 0 Å². The second-order valence-electron chi connectivity index (χ2n) is 6.04. The molecule has 2 N–H and O–H groups in total. The van der Waals surface area contributed by atoms with Crippen LogP contribution < -0.4 is 24.8 Å². The maximum absolute atomic E-state index is 12.1. The maximum Gasteiger partial charge on any atom is 0.243 e. The lowest BCUT2D eigenvalue weighted by molar-refractivity contribution is -0.124. The largest absolute Gasteiger partial charge is 0.493 e. The molecule has 0 heterocycles. The summed E-state index contributed by atoms with van der Waals surface area (Å²) in [5.74, 6) is 3.45. The quantitative estimate of drug-likeness (QED) is 0.636. The van der Waals surface area contributed by atoms with Gasteiger partial charge in [-0.3, -0.25) is 9.59 Å². The zero-order chi connectivity index (χ0) is 21.2. The summed E-state index contributed by atoms with van der Waals surface area (Å²) in [7, 11) is 4.59. The lowest BCUT2D eigenvalue weighted by Gasteiger charge is -2.15. The average molecular weight is 396 g/mol. The van der Waals surface area contributed by atoms with Crippen LogP contribution >= 0.6 is 0 Å². The Labute approximate surface area is 170 Å². The SMILES string of the molecule is C#Cc1cccc(NC(=O)CNC(=O)CCc2ccc(OC)c(OC)c2OC)c1. The lowest BCUT2D eigenvalue weighted by atomic mass is 10.1. The molecule has 0 bridgehead atoms. The van der Waals surface area contributed by atoms with Crippen LogP contribution in [0.1, 0.15) is 17.5 Å². The van der Waals surface area contributed by atoms with E-state index >= 15 is 0 Å². The second-order valence-corrected chi connectivity index (χ2v) is 6.04. The predicted molar refractivity (Wildman–Crippen MR) is 110 cm³/mol. The van der Waals surface area contributed by atoms with E-state index in [1.165, 1.54) is 21.3 Å². The van der Waals surface area contributed by atoms with Crippen molar-refractivity contribution in [2.75, 3.05) is 33.2 Å². The molecule has 2 amide bonds. The van der Waals surface area contributed by atoms with Crippen LogP contribution in [0.5, 0.6) is 17.2 Å². The van der Waals surface area contributed by atoms with Crippen molar-refractivity contribution in [2.24, 2.45) is 0 Å². The van der Waals surface area contributed by atoms with Crippen molar-refractivity contribution >= 4 is 17.5 Å². The number of benzene rings is 2. The molecule has 29 heavy (non-hydrogen) atoms. The third kappa shape index (κ3) is 5.91. The van der Waals surface area contributed by atoms with Gasteiger partial charge in [-0.05, 0) is 36.2 Å². The number of anilines is 1. The number of rotatable bonds is 9. The Morgan fingerprint density at radius 3 is 2.41 bits per heavy atom. The van der Waals surface area contributed by atoms with Crippen molar-refractivity contribution < 1.29 is 23.8 Å². The van der Waals surface area contributed by atoms with E-state index in [2.05, 4.69) is 16.6 Å². The van der Waals surface area contributed by atoms with Crippen LogP contribution in [-0.4, -0.2) is 39.7 Å². The Hall–Kier alpha value is -3.66. The number of methoxy groups -OCH3 is 3. The van der Waals surface area contributed by atoms with E-state index in [1.54, 1.807) is 30.3 Å². The highest BCUT2D eigenvalue weighted by Gasteiger charge is 2.16. The third-order valence-corrected chi connectivity index (χ3v) is 4.17. The number of terminal acetylenes is 1. The van der Waals surface area contributed by atoms with Gasteiger partial charge in [0.25, 0.3) is 0 Å². The van der Waals surface area contributed by atoms with Crippen LogP contribution in [0.3, 0.4) is 0 Å². The standard InChI is InChI=1S/C22H24N2O5/c1-5-15-7-6-8-17(13-15)24-20(26)14-23-19(25)12-10-16-9-11-18(27-2)22(29-4)21(16)28-3/h1,6-9,11,13H,10,12,14H2,2-4H3,(H,23,25)(H,24,26). The summed E-state index contributed by atoms with van der Waals surface area (Å²) in [6.45, 7) is -0.137. The topological polar surface area (TPSA) is 85.9 Å². The molecule has 0 spiro atoms. The van der Waals surface area contributed by atoms with Crippen LogP contribution in [0.25, 0.3) is 0 Å². The summed E-state index contributed by atoms with van der Waals surface area (Å²) in [4.78, 5) is 24.2. The zero-order valence-electron chi connectivity index (χ0n) is 16.7. The molecule has 2 aromatic rings.